The maximum atomic E-state index is 13.3. The highest BCUT2D eigenvalue weighted by Crippen LogP contribution is 2.33. The third kappa shape index (κ3) is 6.26. The fourth-order valence-corrected chi connectivity index (χ4v) is 4.48. The van der Waals surface area contributed by atoms with Gasteiger partial charge in [-0.25, -0.2) is 4.79 Å². The molecule has 0 bridgehead atoms. The van der Waals surface area contributed by atoms with E-state index in [2.05, 4.69) is 15.6 Å². The number of aromatic amines is 1. The Morgan fingerprint density at radius 2 is 1.61 bits per heavy atom. The number of benzene rings is 2. The number of carbonyl (C=O) groups is 4. The summed E-state index contributed by atoms with van der Waals surface area (Å²) in [7, 11) is 1.26. The number of hydrogen-bond donors (Lipinski definition) is 5. The summed E-state index contributed by atoms with van der Waals surface area (Å²) >= 11 is 0. The summed E-state index contributed by atoms with van der Waals surface area (Å²) in [6.45, 7) is 4.97. The standard InChI is InChI=1S/C29H31N3O9/c1-14(2)24(25(34)23-15(3)26(35)32-28(23)37)31-22(33)12-19(16-5-7-17(8-6-16)29(38)39-4)30-27(36)18-9-10-20-21(11-18)41-13-40-20/h5-11,14,19,24,32,35,37H,12-13H2,1-4H3,(H,30,36)(H,31,33)/t19?,24-/m0/s1. The highest BCUT2D eigenvalue weighted by Gasteiger charge is 2.32. The van der Waals surface area contributed by atoms with Gasteiger partial charge in [-0.15, -0.1) is 0 Å². The number of fused-ring (bicyclic) bond motifs is 1. The van der Waals surface area contributed by atoms with Gasteiger partial charge in [0.2, 0.25) is 18.6 Å². The molecular weight excluding hydrogens is 534 g/mol. The van der Waals surface area contributed by atoms with Gasteiger partial charge in [0.05, 0.1) is 36.7 Å². The normalized spacial score (nSPS) is 13.4. The number of aromatic hydroxyl groups is 2. The van der Waals surface area contributed by atoms with Crippen molar-refractivity contribution in [2.24, 2.45) is 5.92 Å². The van der Waals surface area contributed by atoms with Crippen LogP contribution in [0.4, 0.5) is 0 Å². The van der Waals surface area contributed by atoms with E-state index in [0.717, 1.165) is 0 Å². The minimum Gasteiger partial charge on any atom is -0.494 e. The molecule has 1 aromatic heterocycles. The Balaban J connectivity index is 1.57. The number of ether oxygens (including phenoxy) is 3. The molecule has 4 rings (SSSR count). The number of esters is 1. The topological polar surface area (TPSA) is 176 Å². The Hall–Kier alpha value is -5.00. The largest absolute Gasteiger partial charge is 0.494 e. The summed E-state index contributed by atoms with van der Waals surface area (Å²) in [5, 5.41) is 25.6. The van der Waals surface area contributed by atoms with Gasteiger partial charge in [-0.3, -0.25) is 19.4 Å². The fraction of sp³-hybridized carbons (Fsp3) is 0.310. The van der Waals surface area contributed by atoms with E-state index in [-0.39, 0.29) is 47.3 Å². The second-order valence-electron chi connectivity index (χ2n) is 9.89. The van der Waals surface area contributed by atoms with Crippen molar-refractivity contribution in [1.82, 2.24) is 15.6 Å². The predicted octanol–water partition coefficient (Wildman–Crippen LogP) is 3.13. The van der Waals surface area contributed by atoms with E-state index < -0.39 is 41.5 Å². The molecule has 2 heterocycles. The maximum Gasteiger partial charge on any atom is 0.337 e. The first kappa shape index (κ1) is 29.0. The van der Waals surface area contributed by atoms with E-state index in [0.29, 0.717) is 17.1 Å². The lowest BCUT2D eigenvalue weighted by Crippen LogP contribution is -2.45. The Labute approximate surface area is 235 Å². The lowest BCUT2D eigenvalue weighted by molar-refractivity contribution is -0.122. The molecule has 0 radical (unpaired) electrons. The van der Waals surface area contributed by atoms with Crippen LogP contribution in [0.3, 0.4) is 0 Å². The number of H-pyrrole nitrogens is 1. The van der Waals surface area contributed by atoms with Gasteiger partial charge < -0.3 is 35.1 Å². The number of ketones is 1. The summed E-state index contributed by atoms with van der Waals surface area (Å²) in [6.07, 6.45) is -0.256. The van der Waals surface area contributed by atoms with Crippen LogP contribution < -0.4 is 20.1 Å². The Morgan fingerprint density at radius 3 is 2.22 bits per heavy atom. The number of rotatable bonds is 10. The van der Waals surface area contributed by atoms with E-state index in [4.69, 9.17) is 14.2 Å². The van der Waals surface area contributed by atoms with Crippen LogP contribution in [0.1, 0.15) is 68.5 Å². The summed E-state index contributed by atoms with van der Waals surface area (Å²) in [5.74, 6) is -2.44. The minimum absolute atomic E-state index is 0.0468. The summed E-state index contributed by atoms with van der Waals surface area (Å²) in [4.78, 5) is 54.0. The van der Waals surface area contributed by atoms with Crippen LogP contribution in [0.15, 0.2) is 42.5 Å². The van der Waals surface area contributed by atoms with Crippen LogP contribution in [0.2, 0.25) is 0 Å². The molecule has 0 saturated heterocycles. The number of Topliss-reactive ketones (excluding diaryl/α,β-unsaturated/α-hetero) is 1. The summed E-state index contributed by atoms with van der Waals surface area (Å²) < 4.78 is 15.4. The molecule has 5 N–H and O–H groups in total. The van der Waals surface area contributed by atoms with Crippen LogP contribution in [-0.4, -0.2) is 58.7 Å². The number of methoxy groups -OCH3 is 1. The molecule has 216 valence electrons. The average molecular weight is 566 g/mol. The zero-order valence-corrected chi connectivity index (χ0v) is 22.9. The van der Waals surface area contributed by atoms with E-state index in [1.807, 2.05) is 0 Å². The molecule has 41 heavy (non-hydrogen) atoms. The Morgan fingerprint density at radius 1 is 0.951 bits per heavy atom. The van der Waals surface area contributed by atoms with Crippen LogP contribution >= 0.6 is 0 Å². The van der Waals surface area contributed by atoms with E-state index in [1.165, 1.54) is 32.2 Å². The smallest absolute Gasteiger partial charge is 0.337 e. The summed E-state index contributed by atoms with van der Waals surface area (Å²) in [5.41, 5.74) is 1.13. The van der Waals surface area contributed by atoms with Gasteiger partial charge >= 0.3 is 5.97 Å². The first-order valence-electron chi connectivity index (χ1n) is 12.8. The zero-order valence-electron chi connectivity index (χ0n) is 22.9. The van der Waals surface area contributed by atoms with Crippen molar-refractivity contribution in [3.63, 3.8) is 0 Å². The monoisotopic (exact) mass is 565 g/mol. The maximum absolute atomic E-state index is 13.3. The van der Waals surface area contributed by atoms with Crippen molar-refractivity contribution in [2.45, 2.75) is 39.3 Å². The molecule has 3 aromatic rings. The second-order valence-corrected chi connectivity index (χ2v) is 9.89. The van der Waals surface area contributed by atoms with E-state index in [1.54, 1.807) is 38.1 Å². The molecule has 2 atom stereocenters. The molecule has 0 saturated carbocycles. The van der Waals surface area contributed by atoms with Gasteiger partial charge in [-0.2, -0.15) is 0 Å². The highest BCUT2D eigenvalue weighted by atomic mass is 16.7. The highest BCUT2D eigenvalue weighted by molar-refractivity contribution is 6.05. The SMILES string of the molecule is COC(=O)c1ccc(C(CC(=O)N[C@H](C(=O)c2c(O)[nH]c(O)c2C)C(C)C)NC(=O)c2ccc3c(c2)OCO3)cc1. The van der Waals surface area contributed by atoms with Crippen LogP contribution in [0.5, 0.6) is 23.3 Å². The molecule has 12 nitrogen and oxygen atoms in total. The van der Waals surface area contributed by atoms with Crippen molar-refractivity contribution in [3.05, 3.63) is 70.3 Å². The molecule has 1 aliphatic heterocycles. The van der Waals surface area contributed by atoms with E-state index >= 15 is 0 Å². The second kappa shape index (κ2) is 12.0. The molecule has 1 aliphatic rings. The van der Waals surface area contributed by atoms with E-state index in [9.17, 15) is 29.4 Å². The van der Waals surface area contributed by atoms with Crippen molar-refractivity contribution >= 4 is 23.6 Å². The number of aromatic nitrogens is 1. The molecular formula is C29H31N3O9. The molecule has 0 fully saturated rings. The fourth-order valence-electron chi connectivity index (χ4n) is 4.48. The predicted molar refractivity (Wildman–Crippen MR) is 145 cm³/mol. The lowest BCUT2D eigenvalue weighted by Gasteiger charge is -2.24. The van der Waals surface area contributed by atoms with Crippen LogP contribution in [0, 0.1) is 12.8 Å². The number of amides is 2. The number of hydrogen-bond acceptors (Lipinski definition) is 9. The first-order valence-corrected chi connectivity index (χ1v) is 12.8. The lowest BCUT2D eigenvalue weighted by atomic mass is 9.93. The number of carbonyl (C=O) groups excluding carboxylic acids is 4. The van der Waals surface area contributed by atoms with Gasteiger partial charge in [0.25, 0.3) is 5.91 Å². The van der Waals surface area contributed by atoms with Crippen LogP contribution in [0.25, 0.3) is 0 Å². The molecule has 2 amide bonds. The van der Waals surface area contributed by atoms with Crippen molar-refractivity contribution in [2.75, 3.05) is 13.9 Å². The van der Waals surface area contributed by atoms with Gasteiger partial charge in [0.15, 0.2) is 23.2 Å². The first-order chi connectivity index (χ1) is 19.5. The molecule has 0 aliphatic carbocycles. The van der Waals surface area contributed by atoms with Crippen molar-refractivity contribution in [3.8, 4) is 23.3 Å². The third-order valence-corrected chi connectivity index (χ3v) is 6.78. The molecule has 1 unspecified atom stereocenters. The molecule has 2 aromatic carbocycles. The van der Waals surface area contributed by atoms with Crippen molar-refractivity contribution < 1.29 is 43.6 Å². The third-order valence-electron chi connectivity index (χ3n) is 6.78. The Bertz CT molecular complexity index is 1480. The summed E-state index contributed by atoms with van der Waals surface area (Å²) in [6, 6.07) is 9.05. The molecule has 12 heteroatoms. The molecule has 0 spiro atoms. The van der Waals surface area contributed by atoms with Crippen LogP contribution in [-0.2, 0) is 9.53 Å². The average Bonchev–Trinajstić information content (AvgIpc) is 3.52. The van der Waals surface area contributed by atoms with Gasteiger partial charge in [0.1, 0.15) is 0 Å². The van der Waals surface area contributed by atoms with Crippen molar-refractivity contribution in [1.29, 1.82) is 0 Å². The number of nitrogens with one attached hydrogen (secondary N) is 3. The zero-order chi connectivity index (χ0) is 29.8. The quantitative estimate of drug-likeness (QED) is 0.183. The van der Waals surface area contributed by atoms with Gasteiger partial charge in [-0.1, -0.05) is 26.0 Å². The Kier molecular flexibility index (Phi) is 8.51. The minimum atomic E-state index is -1.03. The van der Waals surface area contributed by atoms with Gasteiger partial charge in [0, 0.05) is 11.1 Å². The van der Waals surface area contributed by atoms with Gasteiger partial charge in [-0.05, 0) is 48.7 Å².